The monoisotopic (exact) mass is 941 g/mol. The van der Waals surface area contributed by atoms with Crippen molar-refractivity contribution in [2.24, 2.45) is 5.92 Å². The zero-order valence-electron chi connectivity index (χ0n) is 36.4. The highest BCUT2D eigenvalue weighted by molar-refractivity contribution is 8.94. The SMILES string of the molecule is C=C=C=C=C=C=C=C=C=C=C=C=C=C=CC(=O)OCC(COP(=O)(O)OCCNCC(CC=O)CCC(=O)C(=O)CCSSP)OC(=O)CCCCCCCCCCCCCCC. The van der Waals surface area contributed by atoms with Gasteiger partial charge < -0.3 is 24.5 Å². The number of carbonyl (C=O) groups excluding carboxylic acids is 5. The van der Waals surface area contributed by atoms with Crippen LogP contribution < -0.4 is 5.32 Å². The summed E-state index contributed by atoms with van der Waals surface area (Å²) in [5.74, 6) is -2.08. The van der Waals surface area contributed by atoms with Gasteiger partial charge in [0.2, 0.25) is 0 Å². The Morgan fingerprint density at radius 2 is 1.32 bits per heavy atom. The van der Waals surface area contributed by atoms with E-state index in [9.17, 15) is 33.4 Å². The first kappa shape index (κ1) is 59.0. The molecular weight excluding hydrogens is 881 g/mol. The Balaban J connectivity index is 5.23. The van der Waals surface area contributed by atoms with Crippen molar-refractivity contribution in [3.05, 3.63) is 87.2 Å². The molecule has 0 bridgehead atoms. The average Bonchev–Trinajstić information content (AvgIpc) is 3.26. The molecule has 0 aromatic carbocycles. The van der Waals surface area contributed by atoms with Crippen LogP contribution in [0, 0.1) is 5.92 Å². The second-order valence-electron chi connectivity index (χ2n) is 13.7. The van der Waals surface area contributed by atoms with Gasteiger partial charge in [0.05, 0.1) is 19.3 Å². The summed E-state index contributed by atoms with van der Waals surface area (Å²) >= 11 is 0. The second kappa shape index (κ2) is 43.3. The van der Waals surface area contributed by atoms with Crippen LogP contribution >= 0.6 is 37.5 Å². The lowest BCUT2D eigenvalue weighted by molar-refractivity contribution is -0.159. The van der Waals surface area contributed by atoms with Gasteiger partial charge in [-0.2, -0.15) is 0 Å². The quantitative estimate of drug-likeness (QED) is 0.00882. The number of ether oxygens (including phenoxy) is 2. The van der Waals surface area contributed by atoms with E-state index in [1.54, 1.807) is 0 Å². The minimum Gasteiger partial charge on any atom is -0.458 e. The molecule has 0 amide bonds. The number of hydrogen-bond donors (Lipinski definition) is 2. The van der Waals surface area contributed by atoms with Crippen LogP contribution in [0.15, 0.2) is 87.2 Å². The van der Waals surface area contributed by atoms with Crippen molar-refractivity contribution in [2.75, 3.05) is 38.7 Å². The topological polar surface area (TPSA) is 172 Å². The molecule has 0 aromatic heterocycles. The molecule has 0 saturated heterocycles. The van der Waals surface area contributed by atoms with Gasteiger partial charge in [0.25, 0.3) is 0 Å². The maximum absolute atomic E-state index is 12.7. The third kappa shape index (κ3) is 40.5. The Morgan fingerprint density at radius 3 is 1.89 bits per heavy atom. The fourth-order valence-corrected chi connectivity index (χ4v) is 7.83. The molecule has 0 radical (unpaired) electrons. The van der Waals surface area contributed by atoms with Crippen LogP contribution in [-0.4, -0.2) is 79.5 Å². The first-order valence-corrected chi connectivity index (χ1v) is 26.4. The maximum Gasteiger partial charge on any atom is 0.472 e. The normalized spacial score (nSPS) is 11.6. The molecule has 342 valence electrons. The third-order valence-electron chi connectivity index (χ3n) is 8.56. The van der Waals surface area contributed by atoms with Crippen LogP contribution in [0.2, 0.25) is 0 Å². The number of unbranched alkanes of at least 4 members (excludes halogenated alkanes) is 12. The zero-order chi connectivity index (χ0) is 46.5. The molecule has 63 heavy (non-hydrogen) atoms. The average molecular weight is 942 g/mol. The summed E-state index contributed by atoms with van der Waals surface area (Å²) < 4.78 is 33.4. The lowest BCUT2D eigenvalue weighted by atomic mass is 9.97. The summed E-state index contributed by atoms with van der Waals surface area (Å²) in [5, 5.41) is 3.01. The lowest BCUT2D eigenvalue weighted by Gasteiger charge is -2.20. The van der Waals surface area contributed by atoms with Gasteiger partial charge in [-0.25, -0.2) is 9.36 Å². The molecular formula is C47H61NO11P2S2. The van der Waals surface area contributed by atoms with Crippen molar-refractivity contribution in [3.63, 3.8) is 0 Å². The maximum atomic E-state index is 12.7. The Bertz CT molecular complexity index is 1970. The number of phosphoric ester groups is 1. The van der Waals surface area contributed by atoms with Gasteiger partial charge in [0, 0.05) is 38.0 Å². The number of nitrogens with one attached hydrogen (secondary N) is 1. The molecule has 12 nitrogen and oxygen atoms in total. The summed E-state index contributed by atoms with van der Waals surface area (Å²) in [4.78, 5) is 70.7. The molecule has 0 aliphatic carbocycles. The molecule has 0 aliphatic heterocycles. The highest BCUT2D eigenvalue weighted by Crippen LogP contribution is 2.43. The molecule has 4 atom stereocenters. The van der Waals surface area contributed by atoms with Crippen LogP contribution in [0.4, 0.5) is 0 Å². The minimum absolute atomic E-state index is 0.0196. The van der Waals surface area contributed by atoms with Crippen LogP contribution in [-0.2, 0) is 47.1 Å². The first-order chi connectivity index (χ1) is 30.6. The van der Waals surface area contributed by atoms with E-state index in [0.717, 1.165) is 38.0 Å². The first-order valence-electron chi connectivity index (χ1n) is 21.1. The number of phosphoric acid groups is 1. The van der Waals surface area contributed by atoms with E-state index < -0.39 is 50.6 Å². The number of esters is 2. The van der Waals surface area contributed by atoms with Gasteiger partial charge in [-0.05, 0) is 94.9 Å². The standard InChI is InChI=1S/C47H61NO11P2S2/c1-3-5-7-9-11-13-15-17-19-21-23-25-27-29-46(52)56-40-43(59-47(53)30-28-26-24-22-20-18-16-14-12-10-8-6-4-2)41-58-61(54,55)57-37-35-48-39-42(33-36-49)31-32-44(50)45(51)34-38-62-63-60/h29,36,42-43,48H,1,4,6,8,10,12,14,16,18,20,22,24,26,28,30-35,37-41,60H2,2H3,(H,54,55). The van der Waals surface area contributed by atoms with Gasteiger partial charge in [-0.15, -0.1) is 0 Å². The Morgan fingerprint density at radius 1 is 0.762 bits per heavy atom. The van der Waals surface area contributed by atoms with Crippen molar-refractivity contribution in [2.45, 2.75) is 129 Å². The van der Waals surface area contributed by atoms with E-state index in [1.807, 2.05) is 0 Å². The van der Waals surface area contributed by atoms with E-state index in [-0.39, 0.29) is 44.8 Å². The largest absolute Gasteiger partial charge is 0.472 e. The van der Waals surface area contributed by atoms with E-state index in [0.29, 0.717) is 25.1 Å². The van der Waals surface area contributed by atoms with Gasteiger partial charge >= 0.3 is 19.8 Å². The van der Waals surface area contributed by atoms with Gasteiger partial charge in [-0.3, -0.25) is 23.4 Å². The number of ketones is 2. The molecule has 4 unspecified atom stereocenters. The van der Waals surface area contributed by atoms with E-state index in [1.165, 1.54) is 72.6 Å². The number of hydrogen-bond acceptors (Lipinski definition) is 13. The number of aldehydes is 1. The van der Waals surface area contributed by atoms with Crippen molar-refractivity contribution < 1.29 is 52.0 Å². The lowest BCUT2D eigenvalue weighted by Crippen LogP contribution is -2.29. The second-order valence-corrected chi connectivity index (χ2v) is 19.0. The third-order valence-corrected chi connectivity index (χ3v) is 12.2. The Hall–Kier alpha value is -3.97. The van der Waals surface area contributed by atoms with Crippen LogP contribution in [0.3, 0.4) is 0 Å². The van der Waals surface area contributed by atoms with Crippen molar-refractivity contribution in [1.29, 1.82) is 0 Å². The molecule has 0 aliphatic rings. The van der Waals surface area contributed by atoms with E-state index >= 15 is 0 Å². The molecule has 16 heteroatoms. The fraction of sp³-hybridized carbons (Fsp3) is 0.574. The molecule has 0 saturated carbocycles. The molecule has 0 fully saturated rings. The number of Topliss-reactive ketones (excluding diaryl/α,β-unsaturated/α-hetero) is 2. The summed E-state index contributed by atoms with van der Waals surface area (Å²) in [6.45, 7) is 4.55. The predicted octanol–water partition coefficient (Wildman–Crippen LogP) is 9.53. The predicted molar refractivity (Wildman–Crippen MR) is 249 cm³/mol. The van der Waals surface area contributed by atoms with Crippen LogP contribution in [0.1, 0.15) is 122 Å². The van der Waals surface area contributed by atoms with Crippen LogP contribution in [0.5, 0.6) is 0 Å². The smallest absolute Gasteiger partial charge is 0.458 e. The molecule has 0 spiro atoms. The Kier molecular flexibility index (Phi) is 40.6. The summed E-state index contributed by atoms with van der Waals surface area (Å²) in [6.07, 6.45) is 16.1. The summed E-state index contributed by atoms with van der Waals surface area (Å²) in [6, 6.07) is 0. The Labute approximate surface area is 383 Å². The summed E-state index contributed by atoms with van der Waals surface area (Å²) in [5.41, 5.74) is 31.7. The molecule has 0 rings (SSSR count). The zero-order valence-corrected chi connectivity index (χ0v) is 40.0. The van der Waals surface area contributed by atoms with Gasteiger partial charge in [0.15, 0.2) is 17.7 Å². The summed E-state index contributed by atoms with van der Waals surface area (Å²) in [7, 11) is 0.705. The van der Waals surface area contributed by atoms with Crippen molar-refractivity contribution >= 4 is 67.3 Å². The fourth-order valence-electron chi connectivity index (χ4n) is 5.31. The van der Waals surface area contributed by atoms with Gasteiger partial charge in [-0.1, -0.05) is 125 Å². The minimum atomic E-state index is -4.65. The molecule has 0 aromatic rings. The number of carbonyl (C=O) groups is 5. The highest BCUT2D eigenvalue weighted by Gasteiger charge is 2.26. The van der Waals surface area contributed by atoms with E-state index in [2.05, 4.69) is 102 Å². The van der Waals surface area contributed by atoms with Crippen molar-refractivity contribution in [3.8, 4) is 0 Å². The molecule has 2 N–H and O–H groups in total. The van der Waals surface area contributed by atoms with Crippen LogP contribution in [0.25, 0.3) is 0 Å². The highest BCUT2D eigenvalue weighted by atomic mass is 33.3. The van der Waals surface area contributed by atoms with E-state index in [4.69, 9.17) is 18.5 Å². The van der Waals surface area contributed by atoms with Gasteiger partial charge in [0.1, 0.15) is 12.9 Å². The van der Waals surface area contributed by atoms with Crippen molar-refractivity contribution in [1.82, 2.24) is 5.32 Å². The molecule has 0 heterocycles. The number of rotatable bonds is 37.